The second-order valence-corrected chi connectivity index (χ2v) is 5.50. The summed E-state index contributed by atoms with van der Waals surface area (Å²) < 4.78 is 0. The number of rotatable bonds is 5. The largest absolute Gasteiger partial charge is 0.507 e. The van der Waals surface area contributed by atoms with Crippen molar-refractivity contribution in [2.75, 3.05) is 0 Å². The lowest BCUT2D eigenvalue weighted by Crippen LogP contribution is -2.32. The number of carbonyl (C=O) groups is 1. The predicted molar refractivity (Wildman–Crippen MR) is 84.8 cm³/mol. The van der Waals surface area contributed by atoms with Crippen molar-refractivity contribution in [2.24, 2.45) is 0 Å². The van der Waals surface area contributed by atoms with Crippen LogP contribution in [0.2, 0.25) is 5.02 Å². The first kappa shape index (κ1) is 15.4. The Bertz CT molecular complexity index is 613. The summed E-state index contributed by atoms with van der Waals surface area (Å²) in [5.41, 5.74) is 1.44. The normalized spacial score (nSPS) is 11.9. The smallest absolute Gasteiger partial charge is 0.255 e. The molecular formula is C17H18ClNO2. The van der Waals surface area contributed by atoms with Crippen molar-refractivity contribution >= 4 is 17.5 Å². The van der Waals surface area contributed by atoms with Crippen molar-refractivity contribution in [1.82, 2.24) is 5.32 Å². The molecule has 3 nitrogen and oxygen atoms in total. The van der Waals surface area contributed by atoms with E-state index in [2.05, 4.69) is 17.4 Å². The zero-order valence-corrected chi connectivity index (χ0v) is 12.6. The number of phenolic OH excluding ortho intramolecular Hbond substituents is 1. The van der Waals surface area contributed by atoms with Crippen LogP contribution in [0.1, 0.15) is 29.3 Å². The molecule has 0 fully saturated rings. The number of hydrogen-bond donors (Lipinski definition) is 2. The van der Waals surface area contributed by atoms with Gasteiger partial charge in [0.2, 0.25) is 0 Å². The summed E-state index contributed by atoms with van der Waals surface area (Å²) in [6, 6.07) is 14.6. The average molecular weight is 304 g/mol. The number of aryl methyl sites for hydroxylation is 1. The highest BCUT2D eigenvalue weighted by atomic mass is 35.5. The maximum atomic E-state index is 12.1. The summed E-state index contributed by atoms with van der Waals surface area (Å²) in [5, 5.41) is 13.0. The molecule has 0 spiro atoms. The van der Waals surface area contributed by atoms with Crippen LogP contribution in [0.5, 0.6) is 5.75 Å². The number of halogens is 1. The van der Waals surface area contributed by atoms with Crippen LogP contribution in [-0.4, -0.2) is 17.1 Å². The van der Waals surface area contributed by atoms with Crippen molar-refractivity contribution in [1.29, 1.82) is 0 Å². The molecule has 110 valence electrons. The minimum atomic E-state index is -0.310. The first-order chi connectivity index (χ1) is 10.1. The SMILES string of the molecule is CC(CCc1ccccc1)NC(=O)c1cc(Cl)ccc1O. The van der Waals surface area contributed by atoms with Gasteiger partial charge in [-0.3, -0.25) is 4.79 Å². The summed E-state index contributed by atoms with van der Waals surface area (Å²) in [7, 11) is 0. The van der Waals surface area contributed by atoms with E-state index in [0.29, 0.717) is 5.02 Å². The van der Waals surface area contributed by atoms with Gasteiger partial charge in [-0.25, -0.2) is 0 Å². The molecule has 0 heterocycles. The monoisotopic (exact) mass is 303 g/mol. The van der Waals surface area contributed by atoms with Gasteiger partial charge >= 0.3 is 0 Å². The zero-order chi connectivity index (χ0) is 15.2. The predicted octanol–water partition coefficient (Wildman–Crippen LogP) is 3.80. The molecule has 0 saturated carbocycles. The van der Waals surface area contributed by atoms with E-state index >= 15 is 0 Å². The van der Waals surface area contributed by atoms with Crippen molar-refractivity contribution < 1.29 is 9.90 Å². The highest BCUT2D eigenvalue weighted by molar-refractivity contribution is 6.31. The maximum absolute atomic E-state index is 12.1. The molecule has 0 radical (unpaired) electrons. The molecule has 4 heteroatoms. The standard InChI is InChI=1S/C17H18ClNO2/c1-12(7-8-13-5-3-2-4-6-13)19-17(21)15-11-14(18)9-10-16(15)20/h2-6,9-12,20H,7-8H2,1H3,(H,19,21). The van der Waals surface area contributed by atoms with E-state index in [1.54, 1.807) is 6.07 Å². The van der Waals surface area contributed by atoms with Gasteiger partial charge in [0.05, 0.1) is 5.56 Å². The molecule has 0 aliphatic rings. The Labute approximate surface area is 129 Å². The number of carbonyl (C=O) groups excluding carboxylic acids is 1. The quantitative estimate of drug-likeness (QED) is 0.882. The van der Waals surface area contributed by atoms with Crippen molar-refractivity contribution in [3.05, 3.63) is 64.7 Å². The third-order valence-electron chi connectivity index (χ3n) is 3.29. The average Bonchev–Trinajstić information content (AvgIpc) is 2.48. The van der Waals surface area contributed by atoms with Crippen molar-refractivity contribution in [3.8, 4) is 5.75 Å². The first-order valence-corrected chi connectivity index (χ1v) is 7.27. The summed E-state index contributed by atoms with van der Waals surface area (Å²) in [6.07, 6.45) is 1.72. The molecule has 2 aromatic rings. The van der Waals surface area contributed by atoms with Crippen LogP contribution in [0.4, 0.5) is 0 Å². The number of nitrogens with one attached hydrogen (secondary N) is 1. The Morgan fingerprint density at radius 2 is 1.95 bits per heavy atom. The molecule has 0 saturated heterocycles. The van der Waals surface area contributed by atoms with Gasteiger partial charge in [0.15, 0.2) is 0 Å². The fraction of sp³-hybridized carbons (Fsp3) is 0.235. The van der Waals surface area contributed by atoms with Crippen molar-refractivity contribution in [2.45, 2.75) is 25.8 Å². The second-order valence-electron chi connectivity index (χ2n) is 5.06. The van der Waals surface area contributed by atoms with Crippen molar-refractivity contribution in [3.63, 3.8) is 0 Å². The Morgan fingerprint density at radius 3 is 2.67 bits per heavy atom. The zero-order valence-electron chi connectivity index (χ0n) is 11.8. The second kappa shape index (κ2) is 7.14. The minimum absolute atomic E-state index is 0.0103. The molecule has 1 atom stereocenters. The van der Waals surface area contributed by atoms with E-state index in [4.69, 9.17) is 11.6 Å². The van der Waals surface area contributed by atoms with Gasteiger partial charge in [-0.15, -0.1) is 0 Å². The molecule has 2 N–H and O–H groups in total. The Morgan fingerprint density at radius 1 is 1.24 bits per heavy atom. The molecule has 21 heavy (non-hydrogen) atoms. The topological polar surface area (TPSA) is 49.3 Å². The van der Waals surface area contributed by atoms with Gasteiger partial charge in [-0.1, -0.05) is 41.9 Å². The van der Waals surface area contributed by atoms with Crippen LogP contribution in [0.15, 0.2) is 48.5 Å². The van der Waals surface area contributed by atoms with Gasteiger partial charge in [-0.2, -0.15) is 0 Å². The number of phenols is 1. The van der Waals surface area contributed by atoms with Gasteiger partial charge < -0.3 is 10.4 Å². The van der Waals surface area contributed by atoms with E-state index < -0.39 is 0 Å². The molecule has 1 unspecified atom stereocenters. The number of aromatic hydroxyl groups is 1. The van der Waals surface area contributed by atoms with Crippen LogP contribution in [0, 0.1) is 0 Å². The summed E-state index contributed by atoms with van der Waals surface area (Å²) in [4.78, 5) is 12.1. The Kier molecular flexibility index (Phi) is 5.23. The number of amides is 1. The fourth-order valence-electron chi connectivity index (χ4n) is 2.09. The van der Waals surface area contributed by atoms with E-state index in [1.807, 2.05) is 25.1 Å². The van der Waals surface area contributed by atoms with Gasteiger partial charge in [0.25, 0.3) is 5.91 Å². The highest BCUT2D eigenvalue weighted by Gasteiger charge is 2.14. The van der Waals surface area contributed by atoms with E-state index in [-0.39, 0.29) is 23.3 Å². The Balaban J connectivity index is 1.91. The summed E-state index contributed by atoms with van der Waals surface area (Å²) in [5.74, 6) is -0.372. The molecule has 0 aliphatic heterocycles. The third-order valence-corrected chi connectivity index (χ3v) is 3.52. The molecule has 0 bridgehead atoms. The number of benzene rings is 2. The van der Waals surface area contributed by atoms with Crippen LogP contribution >= 0.6 is 11.6 Å². The molecular weight excluding hydrogens is 286 g/mol. The summed E-state index contributed by atoms with van der Waals surface area (Å²) >= 11 is 5.85. The van der Waals surface area contributed by atoms with Gasteiger partial charge in [0.1, 0.15) is 5.75 Å². The number of hydrogen-bond acceptors (Lipinski definition) is 2. The van der Waals surface area contributed by atoms with Crippen LogP contribution in [0.25, 0.3) is 0 Å². The van der Waals surface area contributed by atoms with Crippen LogP contribution in [0.3, 0.4) is 0 Å². The fourth-order valence-corrected chi connectivity index (χ4v) is 2.26. The van der Waals surface area contributed by atoms with E-state index in [1.165, 1.54) is 17.7 Å². The third kappa shape index (κ3) is 4.50. The van der Waals surface area contributed by atoms with Crippen LogP contribution in [-0.2, 0) is 6.42 Å². The lowest BCUT2D eigenvalue weighted by atomic mass is 10.1. The summed E-state index contributed by atoms with van der Waals surface area (Å²) in [6.45, 7) is 1.95. The molecule has 2 rings (SSSR count). The first-order valence-electron chi connectivity index (χ1n) is 6.89. The maximum Gasteiger partial charge on any atom is 0.255 e. The molecule has 2 aromatic carbocycles. The molecule has 1 amide bonds. The highest BCUT2D eigenvalue weighted by Crippen LogP contribution is 2.21. The van der Waals surface area contributed by atoms with Gasteiger partial charge in [-0.05, 0) is 43.5 Å². The lowest BCUT2D eigenvalue weighted by molar-refractivity contribution is 0.0936. The molecule has 0 aliphatic carbocycles. The van der Waals surface area contributed by atoms with E-state index in [0.717, 1.165) is 12.8 Å². The van der Waals surface area contributed by atoms with Crippen LogP contribution < -0.4 is 5.32 Å². The lowest BCUT2D eigenvalue weighted by Gasteiger charge is -2.14. The Hall–Kier alpha value is -2.00. The van der Waals surface area contributed by atoms with E-state index in [9.17, 15) is 9.90 Å². The minimum Gasteiger partial charge on any atom is -0.507 e. The molecule has 0 aromatic heterocycles. The van der Waals surface area contributed by atoms with Gasteiger partial charge in [0, 0.05) is 11.1 Å².